The summed E-state index contributed by atoms with van der Waals surface area (Å²) in [6, 6.07) is 7.64. The maximum atomic E-state index is 14.7. The zero-order valence-corrected chi connectivity index (χ0v) is 37.7. The van der Waals surface area contributed by atoms with E-state index in [9.17, 15) is 38.7 Å². The molecular weight excluding hydrogens is 873 g/mol. The van der Waals surface area contributed by atoms with Gasteiger partial charge in [-0.1, -0.05) is 61.9 Å². The van der Waals surface area contributed by atoms with Crippen LogP contribution in [0.1, 0.15) is 62.9 Å². The number of fused-ring (bicyclic) bond motifs is 2. The Kier molecular flexibility index (Phi) is 17.5. The van der Waals surface area contributed by atoms with Gasteiger partial charge in [-0.3, -0.25) is 33.6 Å². The first-order chi connectivity index (χ1) is 31.9. The van der Waals surface area contributed by atoms with Crippen molar-refractivity contribution < 1.29 is 43.4 Å². The average Bonchev–Trinajstić information content (AvgIpc) is 4.11. The van der Waals surface area contributed by atoms with Gasteiger partial charge in [-0.05, 0) is 60.6 Å². The van der Waals surface area contributed by atoms with Crippen molar-refractivity contribution in [1.82, 2.24) is 57.1 Å². The van der Waals surface area contributed by atoms with E-state index < -0.39 is 90.1 Å². The van der Waals surface area contributed by atoms with Crippen molar-refractivity contribution in [1.29, 1.82) is 0 Å². The third-order valence-electron chi connectivity index (χ3n) is 11.8. The number of nitrogens with two attached hydrogens (primary N) is 1. The summed E-state index contributed by atoms with van der Waals surface area (Å²) in [6.45, 7) is 3.22. The van der Waals surface area contributed by atoms with Crippen LogP contribution in [0.5, 0.6) is 5.75 Å². The first-order valence-electron chi connectivity index (χ1n) is 22.1. The van der Waals surface area contributed by atoms with Crippen LogP contribution in [0.3, 0.4) is 0 Å². The lowest BCUT2D eigenvalue weighted by Gasteiger charge is -2.31. The third-order valence-corrected chi connectivity index (χ3v) is 12.9. The number of primary amides is 1. The number of tetrazole rings is 1. The van der Waals surface area contributed by atoms with E-state index in [0.29, 0.717) is 42.7 Å². The van der Waals surface area contributed by atoms with Gasteiger partial charge in [0.25, 0.3) is 0 Å². The normalized spacial score (nSPS) is 22.8. The Morgan fingerprint density at radius 3 is 2.50 bits per heavy atom. The minimum Gasteiger partial charge on any atom is -0.493 e. The number of nitrogens with one attached hydrogen (secondary N) is 7. The van der Waals surface area contributed by atoms with Crippen LogP contribution in [0.2, 0.25) is 0 Å². The standard InChI is InChI=1S/C44H58N12O9S/c1-3-25(2)38-43(63)49-31(20-27-22-46-29-12-6-5-11-28(27)29)40(60)50-33(44(64)56-17-8-13-34(56)42(62)48-30(39(45)59)21-36-52-54-55-53-36)24-66-19-16-26-10-4-7-14-35(26)65-18-9-15-37(58)47-32(23-57)41(61)51-38/h4-7,10-12,14,22,25,30-34,38,46,57H,3,8-9,13,15-21,23-24H2,1-2H3,(H2,45,59)(H,47,58)(H,48,62)(H,49,63)(H,50,60)(H,51,61)(H,52,53,54,55)/t25-,30-,31-,32-,33-,34-,38-/m0/s1. The highest BCUT2D eigenvalue weighted by Gasteiger charge is 2.40. The Balaban J connectivity index is 1.31. The van der Waals surface area contributed by atoms with E-state index in [4.69, 9.17) is 10.5 Å². The van der Waals surface area contributed by atoms with Gasteiger partial charge in [0.05, 0.1) is 13.2 Å². The predicted molar refractivity (Wildman–Crippen MR) is 242 cm³/mol. The maximum absolute atomic E-state index is 14.7. The number of amides is 7. The Morgan fingerprint density at radius 1 is 0.970 bits per heavy atom. The first-order valence-corrected chi connectivity index (χ1v) is 23.3. The van der Waals surface area contributed by atoms with E-state index in [1.807, 2.05) is 55.5 Å². The smallest absolute Gasteiger partial charge is 0.246 e. The second-order valence-corrected chi connectivity index (χ2v) is 17.6. The molecule has 0 spiro atoms. The van der Waals surface area contributed by atoms with E-state index in [1.165, 1.54) is 16.7 Å². The summed E-state index contributed by atoms with van der Waals surface area (Å²) in [6.07, 6.45) is 3.59. The SMILES string of the molecule is CC[C@H](C)[C@@H]1NC(=O)[C@H](CO)NC(=O)CCCOc2ccccc2CCSC[C@@H](C(=O)N2CCC[C@H]2C(=O)N[C@@H](Cc2nn[nH]n2)C(N)=O)NC(=O)[C@H](Cc2c[nH]c3ccccc23)NC1=O. The predicted octanol–water partition coefficient (Wildman–Crippen LogP) is -0.447. The summed E-state index contributed by atoms with van der Waals surface area (Å²) >= 11 is 1.40. The molecule has 7 atom stereocenters. The topological polar surface area (TPSA) is 309 Å². The van der Waals surface area contributed by atoms with Gasteiger partial charge in [-0.25, -0.2) is 0 Å². The van der Waals surface area contributed by atoms with Crippen molar-refractivity contribution in [2.45, 2.75) is 101 Å². The van der Waals surface area contributed by atoms with Gasteiger partial charge >= 0.3 is 0 Å². The molecule has 354 valence electrons. The summed E-state index contributed by atoms with van der Waals surface area (Å²) in [5, 5.41) is 38.1. The van der Waals surface area contributed by atoms with Crippen LogP contribution in [0.15, 0.2) is 54.7 Å². The summed E-state index contributed by atoms with van der Waals surface area (Å²) in [5.41, 5.74) is 7.99. The fourth-order valence-corrected chi connectivity index (χ4v) is 8.94. The first kappa shape index (κ1) is 48.9. The molecule has 4 heterocycles. The van der Waals surface area contributed by atoms with Crippen LogP contribution in [-0.4, -0.2) is 144 Å². The largest absolute Gasteiger partial charge is 0.493 e. The number of hydrogen-bond donors (Lipinski definition) is 9. The second kappa shape index (κ2) is 23.6. The minimum atomic E-state index is -1.37. The summed E-state index contributed by atoms with van der Waals surface area (Å²) in [4.78, 5) is 101. The number of carbonyl (C=O) groups excluding carboxylic acids is 7. The number of aliphatic hydroxyl groups excluding tert-OH is 1. The molecule has 66 heavy (non-hydrogen) atoms. The van der Waals surface area contributed by atoms with Crippen LogP contribution in [0.4, 0.5) is 0 Å². The molecule has 0 bridgehead atoms. The van der Waals surface area contributed by atoms with Gasteiger partial charge < -0.3 is 52.0 Å². The van der Waals surface area contributed by atoms with Crippen molar-refractivity contribution in [3.63, 3.8) is 0 Å². The van der Waals surface area contributed by atoms with Gasteiger partial charge in [-0.15, -0.1) is 10.2 Å². The molecule has 0 aliphatic carbocycles. The van der Waals surface area contributed by atoms with Gasteiger partial charge in [0.1, 0.15) is 42.0 Å². The Bertz CT molecular complexity index is 2330. The van der Waals surface area contributed by atoms with E-state index in [0.717, 1.165) is 16.5 Å². The fourth-order valence-electron chi connectivity index (χ4n) is 7.95. The molecular formula is C44H58N12O9S. The maximum Gasteiger partial charge on any atom is 0.246 e. The molecule has 1 fully saturated rings. The van der Waals surface area contributed by atoms with Crippen LogP contribution in [0, 0.1) is 5.92 Å². The van der Waals surface area contributed by atoms with Crippen molar-refractivity contribution in [3.05, 3.63) is 71.7 Å². The zero-order valence-electron chi connectivity index (χ0n) is 36.9. The number of aryl methyl sites for hydroxylation is 1. The number of thioether (sulfide) groups is 1. The molecule has 0 radical (unpaired) electrons. The van der Waals surface area contributed by atoms with E-state index >= 15 is 0 Å². The minimum absolute atomic E-state index is 0.00262. The molecule has 6 rings (SSSR count). The second-order valence-electron chi connectivity index (χ2n) is 16.4. The number of ether oxygens (including phenoxy) is 1. The lowest BCUT2D eigenvalue weighted by molar-refractivity contribution is -0.142. The summed E-state index contributed by atoms with van der Waals surface area (Å²) in [7, 11) is 0. The van der Waals surface area contributed by atoms with Gasteiger partial charge in [0.2, 0.25) is 41.4 Å². The Labute approximate surface area is 385 Å². The highest BCUT2D eigenvalue weighted by atomic mass is 32.2. The van der Waals surface area contributed by atoms with Crippen molar-refractivity contribution in [2.75, 3.05) is 31.3 Å². The third kappa shape index (κ3) is 12.8. The fraction of sp³-hybridized carbons (Fsp3) is 0.500. The molecule has 2 aromatic carbocycles. The molecule has 22 heteroatoms. The number of aromatic nitrogens is 5. The van der Waals surface area contributed by atoms with E-state index in [-0.39, 0.29) is 50.4 Å². The molecule has 2 aliphatic rings. The van der Waals surface area contributed by atoms with E-state index in [2.05, 4.69) is 52.2 Å². The molecule has 0 unspecified atom stereocenters. The zero-order chi connectivity index (χ0) is 47.2. The molecule has 7 amide bonds. The van der Waals surface area contributed by atoms with Crippen molar-refractivity contribution >= 4 is 64.0 Å². The van der Waals surface area contributed by atoms with Crippen LogP contribution in [-0.2, 0) is 52.8 Å². The van der Waals surface area contributed by atoms with Crippen molar-refractivity contribution in [3.8, 4) is 5.75 Å². The molecule has 21 nitrogen and oxygen atoms in total. The average molecular weight is 931 g/mol. The monoisotopic (exact) mass is 930 g/mol. The highest BCUT2D eigenvalue weighted by molar-refractivity contribution is 7.99. The number of likely N-dealkylation sites (tertiary alicyclic amines) is 1. The number of aliphatic hydroxyl groups is 1. The molecule has 4 aromatic rings. The molecule has 0 saturated carbocycles. The van der Waals surface area contributed by atoms with Gasteiger partial charge in [-0.2, -0.15) is 17.0 Å². The molecule has 10 N–H and O–H groups in total. The molecule has 1 saturated heterocycles. The van der Waals surface area contributed by atoms with Gasteiger partial charge in [0, 0.05) is 48.7 Å². The van der Waals surface area contributed by atoms with Crippen LogP contribution >= 0.6 is 11.8 Å². The number of hydrogen-bond acceptors (Lipinski definition) is 13. The van der Waals surface area contributed by atoms with Crippen molar-refractivity contribution in [2.24, 2.45) is 11.7 Å². The van der Waals surface area contributed by atoms with Crippen LogP contribution < -0.4 is 37.1 Å². The number of carbonyl (C=O) groups is 7. The number of nitrogens with zero attached hydrogens (tertiary/aromatic N) is 4. The number of rotatable bonds is 11. The Hall–Kier alpha value is -6.55. The lowest BCUT2D eigenvalue weighted by Crippen LogP contribution is -2.61. The molecule has 2 aromatic heterocycles. The number of benzene rings is 2. The summed E-state index contributed by atoms with van der Waals surface area (Å²) in [5.74, 6) is -3.79. The lowest BCUT2D eigenvalue weighted by atomic mass is 9.96. The highest BCUT2D eigenvalue weighted by Crippen LogP contribution is 2.24. The summed E-state index contributed by atoms with van der Waals surface area (Å²) < 4.78 is 6.05. The Morgan fingerprint density at radius 2 is 1.74 bits per heavy atom. The number of aromatic amines is 2. The van der Waals surface area contributed by atoms with Crippen LogP contribution in [0.25, 0.3) is 10.9 Å². The quantitative estimate of drug-likeness (QED) is 0.0923. The van der Waals surface area contributed by atoms with E-state index in [1.54, 1.807) is 13.1 Å². The molecule has 2 aliphatic heterocycles. The van der Waals surface area contributed by atoms with Gasteiger partial charge in [0.15, 0.2) is 5.82 Å². The number of H-pyrrole nitrogens is 2. The number of para-hydroxylation sites is 2.